The molecule has 0 saturated heterocycles. The van der Waals surface area contributed by atoms with Crippen LogP contribution in [0, 0.1) is 17.7 Å². The lowest BCUT2D eigenvalue weighted by atomic mass is 9.76. The third kappa shape index (κ3) is 3.38. The van der Waals surface area contributed by atoms with Crippen molar-refractivity contribution in [3.05, 3.63) is 29.6 Å². The van der Waals surface area contributed by atoms with Crippen LogP contribution in [0.2, 0.25) is 0 Å². The maximum absolute atomic E-state index is 14.2. The van der Waals surface area contributed by atoms with Gasteiger partial charge in [-0.3, -0.25) is 4.79 Å². The minimum Gasteiger partial charge on any atom is -0.494 e. The highest BCUT2D eigenvalue weighted by atomic mass is 19.1. The number of hydrogen-bond donors (Lipinski definition) is 0. The van der Waals surface area contributed by atoms with E-state index in [9.17, 15) is 9.18 Å². The van der Waals surface area contributed by atoms with Crippen LogP contribution < -0.4 is 4.74 Å². The summed E-state index contributed by atoms with van der Waals surface area (Å²) in [6, 6.07) is 5.16. The minimum absolute atomic E-state index is 0.0260. The molecule has 0 spiro atoms. The molecule has 2 atom stereocenters. The zero-order valence-corrected chi connectivity index (χ0v) is 12.3. The number of halogens is 1. The molecule has 1 aromatic carbocycles. The van der Waals surface area contributed by atoms with Crippen LogP contribution >= 0.6 is 0 Å². The normalized spacial score (nSPS) is 22.9. The molecule has 2 nitrogen and oxygen atoms in total. The first-order chi connectivity index (χ1) is 9.65. The number of hydrogen-bond acceptors (Lipinski definition) is 2. The summed E-state index contributed by atoms with van der Waals surface area (Å²) in [6.45, 7) is 2.17. The van der Waals surface area contributed by atoms with Crippen molar-refractivity contribution >= 4 is 5.78 Å². The molecule has 0 radical (unpaired) electrons. The van der Waals surface area contributed by atoms with Gasteiger partial charge in [-0.05, 0) is 36.8 Å². The summed E-state index contributed by atoms with van der Waals surface area (Å²) in [5.41, 5.74) is 0.597. The smallest absolute Gasteiger partial charge is 0.168 e. The largest absolute Gasteiger partial charge is 0.494 e. The zero-order valence-electron chi connectivity index (χ0n) is 12.3. The molecule has 0 amide bonds. The van der Waals surface area contributed by atoms with Crippen molar-refractivity contribution in [2.75, 3.05) is 7.11 Å². The molecule has 0 heterocycles. The van der Waals surface area contributed by atoms with E-state index in [-0.39, 0.29) is 17.5 Å². The fourth-order valence-electron chi connectivity index (χ4n) is 3.21. The Labute approximate surface area is 120 Å². The van der Waals surface area contributed by atoms with Crippen molar-refractivity contribution in [2.45, 2.75) is 45.4 Å². The highest BCUT2D eigenvalue weighted by Crippen LogP contribution is 2.33. The van der Waals surface area contributed by atoms with Crippen LogP contribution in [-0.2, 0) is 11.2 Å². The number of Topliss-reactive ketones (excluding diaryl/α,β-unsaturated/α-hetero) is 1. The second-order valence-corrected chi connectivity index (χ2v) is 5.73. The maximum atomic E-state index is 14.2. The van der Waals surface area contributed by atoms with E-state index in [0.717, 1.165) is 19.3 Å². The van der Waals surface area contributed by atoms with E-state index in [4.69, 9.17) is 4.74 Å². The van der Waals surface area contributed by atoms with Crippen molar-refractivity contribution in [1.29, 1.82) is 0 Å². The van der Waals surface area contributed by atoms with Crippen LogP contribution in [0.15, 0.2) is 18.2 Å². The lowest BCUT2D eigenvalue weighted by Crippen LogP contribution is -2.26. The van der Waals surface area contributed by atoms with E-state index in [1.165, 1.54) is 13.5 Å². The van der Waals surface area contributed by atoms with Crippen molar-refractivity contribution < 1.29 is 13.9 Å². The van der Waals surface area contributed by atoms with E-state index in [2.05, 4.69) is 6.92 Å². The average molecular weight is 278 g/mol. The summed E-state index contributed by atoms with van der Waals surface area (Å²) in [6.07, 6.45) is 5.39. The molecule has 110 valence electrons. The van der Waals surface area contributed by atoms with Gasteiger partial charge in [0.25, 0.3) is 0 Å². The molecule has 3 heteroatoms. The highest BCUT2D eigenvalue weighted by Gasteiger charge is 2.29. The fraction of sp³-hybridized carbons (Fsp3) is 0.588. The predicted molar refractivity (Wildman–Crippen MR) is 77.4 cm³/mol. The number of ketones is 1. The number of carbonyl (C=O) groups is 1. The molecule has 0 aliphatic heterocycles. The van der Waals surface area contributed by atoms with Gasteiger partial charge in [0.15, 0.2) is 11.6 Å². The Morgan fingerprint density at radius 1 is 1.40 bits per heavy atom. The van der Waals surface area contributed by atoms with Gasteiger partial charge in [0, 0.05) is 12.3 Å². The Kier molecular flexibility index (Phi) is 5.16. The second kappa shape index (κ2) is 6.87. The van der Waals surface area contributed by atoms with Gasteiger partial charge in [0.05, 0.1) is 7.11 Å². The molecular formula is C17H23FO2. The quantitative estimate of drug-likeness (QED) is 0.808. The lowest BCUT2D eigenvalue weighted by Gasteiger charge is -2.28. The molecule has 2 unspecified atom stereocenters. The molecule has 0 aromatic heterocycles. The number of rotatable bonds is 5. The van der Waals surface area contributed by atoms with Gasteiger partial charge in [-0.2, -0.15) is 0 Å². The number of carbonyl (C=O) groups excluding carboxylic acids is 1. The summed E-state index contributed by atoms with van der Waals surface area (Å²) in [4.78, 5) is 12.1. The van der Waals surface area contributed by atoms with E-state index in [1.54, 1.807) is 18.2 Å². The fourth-order valence-corrected chi connectivity index (χ4v) is 3.21. The van der Waals surface area contributed by atoms with Crippen molar-refractivity contribution in [2.24, 2.45) is 11.8 Å². The van der Waals surface area contributed by atoms with Crippen molar-refractivity contribution in [3.8, 4) is 5.75 Å². The molecular weight excluding hydrogens is 255 g/mol. The van der Waals surface area contributed by atoms with E-state index >= 15 is 0 Å². The molecule has 1 aliphatic rings. The first kappa shape index (κ1) is 15.0. The first-order valence-electron chi connectivity index (χ1n) is 7.49. The highest BCUT2D eigenvalue weighted by molar-refractivity contribution is 5.82. The summed E-state index contributed by atoms with van der Waals surface area (Å²) >= 11 is 0. The van der Waals surface area contributed by atoms with Gasteiger partial charge in [0.1, 0.15) is 5.78 Å². The Morgan fingerprint density at radius 3 is 2.90 bits per heavy atom. The minimum atomic E-state index is -0.319. The Bertz CT molecular complexity index is 470. The molecule has 1 aromatic rings. The molecule has 20 heavy (non-hydrogen) atoms. The Morgan fingerprint density at radius 2 is 2.20 bits per heavy atom. The summed E-state index contributed by atoms with van der Waals surface area (Å²) in [5, 5.41) is 0. The van der Waals surface area contributed by atoms with Crippen molar-refractivity contribution in [3.63, 3.8) is 0 Å². The average Bonchev–Trinajstić information content (AvgIpc) is 2.45. The number of ether oxygens (including phenoxy) is 1. The second-order valence-electron chi connectivity index (χ2n) is 5.73. The summed E-state index contributed by atoms with van der Waals surface area (Å²) in [7, 11) is 1.46. The third-order valence-electron chi connectivity index (χ3n) is 4.30. The van der Waals surface area contributed by atoms with Gasteiger partial charge in [0.2, 0.25) is 0 Å². The van der Waals surface area contributed by atoms with Gasteiger partial charge in [-0.1, -0.05) is 31.9 Å². The van der Waals surface area contributed by atoms with Crippen LogP contribution in [0.1, 0.15) is 44.6 Å². The van der Waals surface area contributed by atoms with Gasteiger partial charge in [-0.25, -0.2) is 4.39 Å². The molecule has 1 saturated carbocycles. The van der Waals surface area contributed by atoms with Crippen LogP contribution in [0.4, 0.5) is 4.39 Å². The number of methoxy groups -OCH3 is 1. The van der Waals surface area contributed by atoms with Crippen LogP contribution in [-0.4, -0.2) is 12.9 Å². The number of benzene rings is 1. The van der Waals surface area contributed by atoms with Crippen LogP contribution in [0.25, 0.3) is 0 Å². The van der Waals surface area contributed by atoms with Crippen LogP contribution in [0.3, 0.4) is 0 Å². The van der Waals surface area contributed by atoms with E-state index < -0.39 is 0 Å². The first-order valence-corrected chi connectivity index (χ1v) is 7.49. The molecule has 1 aliphatic carbocycles. The summed E-state index contributed by atoms with van der Waals surface area (Å²) < 4.78 is 19.2. The Hall–Kier alpha value is -1.38. The molecule has 2 rings (SSSR count). The molecule has 1 fully saturated rings. The standard InChI is InChI=1S/C17H23FO2/c1-3-5-12-8-9-15(19)14(10-12)11-13-6-4-7-16(20-2)17(13)18/h4,6-7,12,14H,3,5,8-11H2,1-2H3. The maximum Gasteiger partial charge on any atom is 0.168 e. The van der Waals surface area contributed by atoms with Gasteiger partial charge < -0.3 is 4.74 Å². The summed E-state index contributed by atoms with van der Waals surface area (Å²) in [5.74, 6) is 0.828. The zero-order chi connectivity index (χ0) is 14.5. The van der Waals surface area contributed by atoms with Gasteiger partial charge in [-0.15, -0.1) is 0 Å². The molecule has 0 bridgehead atoms. The third-order valence-corrected chi connectivity index (χ3v) is 4.30. The Balaban J connectivity index is 2.09. The predicted octanol–water partition coefficient (Wildman–Crippen LogP) is 4.16. The topological polar surface area (TPSA) is 26.3 Å². The molecule has 0 N–H and O–H groups in total. The van der Waals surface area contributed by atoms with Gasteiger partial charge >= 0.3 is 0 Å². The lowest BCUT2D eigenvalue weighted by molar-refractivity contribution is -0.125. The van der Waals surface area contributed by atoms with Crippen LogP contribution in [0.5, 0.6) is 5.75 Å². The monoisotopic (exact) mass is 278 g/mol. The van der Waals surface area contributed by atoms with E-state index in [0.29, 0.717) is 30.1 Å². The van der Waals surface area contributed by atoms with E-state index in [1.807, 2.05) is 0 Å². The SMILES string of the molecule is CCCC1CCC(=O)C(Cc2cccc(OC)c2F)C1. The van der Waals surface area contributed by atoms with Crippen molar-refractivity contribution in [1.82, 2.24) is 0 Å².